The number of carbonyl (C=O) groups excluding carboxylic acids is 2. The lowest BCUT2D eigenvalue weighted by Gasteiger charge is -2.12. The Labute approximate surface area is 193 Å². The Kier molecular flexibility index (Phi) is 6.00. The summed E-state index contributed by atoms with van der Waals surface area (Å²) in [6, 6.07) is 13.4. The molecular weight excluding hydrogens is 440 g/mol. The average Bonchev–Trinajstić information content (AvgIpc) is 3.25. The lowest BCUT2D eigenvalue weighted by molar-refractivity contribution is -0.116. The first-order chi connectivity index (χ1) is 16.3. The van der Waals surface area contributed by atoms with Gasteiger partial charge in [0.25, 0.3) is 11.5 Å². The zero-order chi connectivity index (χ0) is 24.4. The SMILES string of the molecule is COc1ccc(NC(=O)c2ccccc2NC(=O)Cn2cnc3c2c(=O)n(C)c(=O)n3C)cc1. The van der Waals surface area contributed by atoms with E-state index in [2.05, 4.69) is 15.6 Å². The second kappa shape index (κ2) is 9.06. The number of benzene rings is 2. The average molecular weight is 462 g/mol. The van der Waals surface area contributed by atoms with Crippen molar-refractivity contribution in [3.63, 3.8) is 0 Å². The highest BCUT2D eigenvalue weighted by Crippen LogP contribution is 2.20. The van der Waals surface area contributed by atoms with Crippen LogP contribution in [0, 0.1) is 0 Å². The van der Waals surface area contributed by atoms with E-state index in [-0.39, 0.29) is 23.3 Å². The summed E-state index contributed by atoms with van der Waals surface area (Å²) in [5.74, 6) is -0.217. The molecule has 2 aromatic carbocycles. The van der Waals surface area contributed by atoms with Crippen LogP contribution in [0.3, 0.4) is 0 Å². The molecule has 0 saturated carbocycles. The van der Waals surface area contributed by atoms with Gasteiger partial charge >= 0.3 is 5.69 Å². The maximum Gasteiger partial charge on any atom is 0.332 e. The number of ether oxygens (including phenoxy) is 1. The number of para-hydroxylation sites is 1. The lowest BCUT2D eigenvalue weighted by atomic mass is 10.1. The fraction of sp³-hybridized carbons (Fsp3) is 0.174. The molecule has 2 heterocycles. The molecule has 0 aliphatic heterocycles. The number of nitrogens with one attached hydrogen (secondary N) is 2. The van der Waals surface area contributed by atoms with Gasteiger partial charge in [-0.3, -0.25) is 23.5 Å². The van der Waals surface area contributed by atoms with Crippen molar-refractivity contribution in [1.29, 1.82) is 0 Å². The maximum atomic E-state index is 12.8. The molecule has 0 aliphatic carbocycles. The van der Waals surface area contributed by atoms with Crippen LogP contribution < -0.4 is 26.6 Å². The van der Waals surface area contributed by atoms with Crippen molar-refractivity contribution < 1.29 is 14.3 Å². The number of imidazole rings is 1. The van der Waals surface area contributed by atoms with Gasteiger partial charge in [0.15, 0.2) is 11.2 Å². The molecule has 174 valence electrons. The number of anilines is 2. The van der Waals surface area contributed by atoms with Crippen molar-refractivity contribution >= 4 is 34.4 Å². The first kappa shape index (κ1) is 22.5. The third kappa shape index (κ3) is 4.18. The number of fused-ring (bicyclic) bond motifs is 1. The molecule has 0 saturated heterocycles. The van der Waals surface area contributed by atoms with Crippen LogP contribution in [0.2, 0.25) is 0 Å². The molecule has 0 bridgehead atoms. The quantitative estimate of drug-likeness (QED) is 0.445. The van der Waals surface area contributed by atoms with E-state index in [9.17, 15) is 19.2 Å². The van der Waals surface area contributed by atoms with Crippen LogP contribution in [-0.2, 0) is 25.4 Å². The van der Waals surface area contributed by atoms with Crippen LogP contribution >= 0.6 is 0 Å². The van der Waals surface area contributed by atoms with Gasteiger partial charge in [-0.05, 0) is 36.4 Å². The van der Waals surface area contributed by atoms with Gasteiger partial charge in [-0.1, -0.05) is 12.1 Å². The molecule has 0 spiro atoms. The molecule has 2 N–H and O–H groups in total. The molecule has 4 aromatic rings. The monoisotopic (exact) mass is 462 g/mol. The van der Waals surface area contributed by atoms with E-state index in [4.69, 9.17) is 4.74 Å². The molecule has 0 unspecified atom stereocenters. The predicted octanol–water partition coefficient (Wildman–Crippen LogP) is 1.33. The van der Waals surface area contributed by atoms with Crippen molar-refractivity contribution in [3.8, 4) is 5.75 Å². The summed E-state index contributed by atoms with van der Waals surface area (Å²) in [5.41, 5.74) is 0.388. The summed E-state index contributed by atoms with van der Waals surface area (Å²) in [6.45, 7) is -0.238. The largest absolute Gasteiger partial charge is 0.497 e. The van der Waals surface area contributed by atoms with Crippen molar-refractivity contribution in [2.75, 3.05) is 17.7 Å². The molecule has 0 radical (unpaired) electrons. The molecule has 2 aromatic heterocycles. The van der Waals surface area contributed by atoms with Gasteiger partial charge in [0.2, 0.25) is 5.91 Å². The molecule has 11 heteroatoms. The van der Waals surface area contributed by atoms with Crippen LogP contribution in [0.15, 0.2) is 64.4 Å². The standard InChI is InChI=1S/C23H22N6O5/c1-27-20-19(22(32)28(2)23(27)33)29(13-24-20)12-18(30)26-17-7-5-4-6-16(17)21(31)25-14-8-10-15(34-3)11-9-14/h4-11,13H,12H2,1-3H3,(H,25,31)(H,26,30). The van der Waals surface area contributed by atoms with E-state index in [0.29, 0.717) is 17.1 Å². The summed E-state index contributed by atoms with van der Waals surface area (Å²) in [6.07, 6.45) is 1.33. The molecule has 0 fully saturated rings. The van der Waals surface area contributed by atoms with E-state index in [1.165, 1.54) is 29.6 Å². The predicted molar refractivity (Wildman–Crippen MR) is 126 cm³/mol. The summed E-state index contributed by atoms with van der Waals surface area (Å²) < 4.78 is 8.68. The first-order valence-electron chi connectivity index (χ1n) is 10.2. The van der Waals surface area contributed by atoms with Crippen LogP contribution in [0.25, 0.3) is 11.2 Å². The Morgan fingerprint density at radius 2 is 1.68 bits per heavy atom. The number of hydrogen-bond donors (Lipinski definition) is 2. The fourth-order valence-electron chi connectivity index (χ4n) is 3.52. The number of methoxy groups -OCH3 is 1. The van der Waals surface area contributed by atoms with Crippen LogP contribution in [0.1, 0.15) is 10.4 Å². The molecule has 34 heavy (non-hydrogen) atoms. The van der Waals surface area contributed by atoms with E-state index in [1.807, 2.05) is 0 Å². The second-order valence-electron chi connectivity index (χ2n) is 7.53. The molecule has 4 rings (SSSR count). The van der Waals surface area contributed by atoms with Crippen molar-refractivity contribution in [3.05, 3.63) is 81.3 Å². The van der Waals surface area contributed by atoms with Crippen LogP contribution in [0.4, 0.5) is 11.4 Å². The minimum Gasteiger partial charge on any atom is -0.497 e. The number of amides is 2. The maximum absolute atomic E-state index is 12.8. The molecule has 0 atom stereocenters. The summed E-state index contributed by atoms with van der Waals surface area (Å²) in [4.78, 5) is 54.4. The highest BCUT2D eigenvalue weighted by atomic mass is 16.5. The third-order valence-corrected chi connectivity index (χ3v) is 5.32. The normalized spacial score (nSPS) is 10.8. The van der Waals surface area contributed by atoms with Gasteiger partial charge in [0.05, 0.1) is 24.7 Å². The molecular formula is C23H22N6O5. The number of aryl methyl sites for hydroxylation is 1. The fourth-order valence-corrected chi connectivity index (χ4v) is 3.52. The summed E-state index contributed by atoms with van der Waals surface area (Å²) in [5, 5.41) is 5.49. The third-order valence-electron chi connectivity index (χ3n) is 5.32. The van der Waals surface area contributed by atoms with E-state index < -0.39 is 23.1 Å². The lowest BCUT2D eigenvalue weighted by Crippen LogP contribution is -2.37. The van der Waals surface area contributed by atoms with Gasteiger partial charge in [0, 0.05) is 19.8 Å². The summed E-state index contributed by atoms with van der Waals surface area (Å²) >= 11 is 0. The van der Waals surface area contributed by atoms with E-state index >= 15 is 0 Å². The van der Waals surface area contributed by atoms with Crippen LogP contribution in [0.5, 0.6) is 5.75 Å². The number of nitrogens with zero attached hydrogens (tertiary/aromatic N) is 4. The van der Waals surface area contributed by atoms with E-state index in [1.54, 1.807) is 55.6 Å². The Morgan fingerprint density at radius 3 is 2.38 bits per heavy atom. The smallest absolute Gasteiger partial charge is 0.332 e. The van der Waals surface area contributed by atoms with Gasteiger partial charge < -0.3 is 19.9 Å². The van der Waals surface area contributed by atoms with Gasteiger partial charge in [-0.15, -0.1) is 0 Å². The van der Waals surface area contributed by atoms with Crippen LogP contribution in [-0.4, -0.2) is 37.6 Å². The number of carbonyl (C=O) groups is 2. The zero-order valence-electron chi connectivity index (χ0n) is 18.7. The van der Waals surface area contributed by atoms with Gasteiger partial charge in [0.1, 0.15) is 12.3 Å². The second-order valence-corrected chi connectivity index (χ2v) is 7.53. The van der Waals surface area contributed by atoms with E-state index in [0.717, 1.165) is 4.57 Å². The Morgan fingerprint density at radius 1 is 0.971 bits per heavy atom. The molecule has 0 aliphatic rings. The Balaban J connectivity index is 1.55. The number of hydrogen-bond acceptors (Lipinski definition) is 6. The summed E-state index contributed by atoms with van der Waals surface area (Å²) in [7, 11) is 4.41. The van der Waals surface area contributed by atoms with Crippen molar-refractivity contribution in [2.45, 2.75) is 6.54 Å². The molecule has 2 amide bonds. The van der Waals surface area contributed by atoms with Crippen molar-refractivity contribution in [1.82, 2.24) is 18.7 Å². The van der Waals surface area contributed by atoms with Gasteiger partial charge in [-0.25, -0.2) is 9.78 Å². The highest BCUT2D eigenvalue weighted by molar-refractivity contribution is 6.10. The Bertz CT molecular complexity index is 1510. The molecule has 11 nitrogen and oxygen atoms in total. The zero-order valence-corrected chi connectivity index (χ0v) is 18.7. The number of rotatable bonds is 6. The highest BCUT2D eigenvalue weighted by Gasteiger charge is 2.18. The Hall–Kier alpha value is -4.67. The minimum atomic E-state index is -0.553. The van der Waals surface area contributed by atoms with Crippen molar-refractivity contribution in [2.24, 2.45) is 14.1 Å². The minimum absolute atomic E-state index is 0.130. The topological polar surface area (TPSA) is 129 Å². The number of aromatic nitrogens is 4. The van der Waals surface area contributed by atoms with Gasteiger partial charge in [-0.2, -0.15) is 0 Å². The first-order valence-corrected chi connectivity index (χ1v) is 10.2.